The number of anilines is 1. The Labute approximate surface area is 160 Å². The van der Waals surface area contributed by atoms with Gasteiger partial charge < -0.3 is 10.1 Å². The number of hydrogen-bond acceptors (Lipinski definition) is 6. The number of hydrogen-bond donors (Lipinski definition) is 2. The maximum Gasteiger partial charge on any atom is 0.238 e. The molecule has 27 heavy (non-hydrogen) atoms. The largest absolute Gasteiger partial charge is 0.384 e. The number of benzene rings is 2. The lowest BCUT2D eigenvalue weighted by molar-refractivity contribution is 0.0656. The van der Waals surface area contributed by atoms with E-state index in [2.05, 4.69) is 5.32 Å². The molecule has 1 unspecified atom stereocenters. The molecule has 1 atom stereocenters. The predicted octanol–water partition coefficient (Wildman–Crippen LogP) is 2.32. The third-order valence-electron chi connectivity index (χ3n) is 3.95. The van der Waals surface area contributed by atoms with E-state index in [1.807, 2.05) is 37.3 Å². The van der Waals surface area contributed by atoms with E-state index in [1.54, 1.807) is 0 Å². The highest BCUT2D eigenvalue weighted by atomic mass is 32.2. The molecule has 2 aromatic rings. The van der Waals surface area contributed by atoms with Crippen LogP contribution < -0.4 is 10.5 Å². The fraction of sp³-hybridized carbons (Fsp3) is 0.333. The van der Waals surface area contributed by atoms with E-state index in [9.17, 15) is 16.8 Å². The summed E-state index contributed by atoms with van der Waals surface area (Å²) in [6.07, 6.45) is 1.63. The van der Waals surface area contributed by atoms with Gasteiger partial charge in [0, 0.05) is 19.4 Å². The molecular formula is C18H24N2O5S2. The van der Waals surface area contributed by atoms with Gasteiger partial charge in [0.05, 0.1) is 21.6 Å². The van der Waals surface area contributed by atoms with Crippen LogP contribution >= 0.6 is 0 Å². The molecule has 9 heteroatoms. The van der Waals surface area contributed by atoms with Crippen LogP contribution in [0.2, 0.25) is 0 Å². The van der Waals surface area contributed by atoms with Crippen LogP contribution in [0.25, 0.3) is 0 Å². The summed E-state index contributed by atoms with van der Waals surface area (Å²) < 4.78 is 52.6. The first-order valence-electron chi connectivity index (χ1n) is 8.36. The van der Waals surface area contributed by atoms with Crippen LogP contribution in [0.3, 0.4) is 0 Å². The van der Waals surface area contributed by atoms with Gasteiger partial charge in [-0.2, -0.15) is 0 Å². The van der Waals surface area contributed by atoms with Crippen LogP contribution in [0.4, 0.5) is 5.69 Å². The lowest BCUT2D eigenvalue weighted by atomic mass is 10.1. The summed E-state index contributed by atoms with van der Waals surface area (Å²) in [6.45, 7) is 2.93. The number of nitrogens with two attached hydrogens (primary N) is 1. The van der Waals surface area contributed by atoms with Crippen molar-refractivity contribution in [2.45, 2.75) is 29.2 Å². The first kappa shape index (κ1) is 21.4. The van der Waals surface area contributed by atoms with Crippen LogP contribution in [0, 0.1) is 0 Å². The second kappa shape index (κ2) is 8.83. The second-order valence-corrected chi connectivity index (χ2v) is 9.72. The van der Waals surface area contributed by atoms with Crippen molar-refractivity contribution >= 4 is 25.5 Å². The summed E-state index contributed by atoms with van der Waals surface area (Å²) in [5.74, 6) is 0. The molecule has 0 amide bonds. The van der Waals surface area contributed by atoms with E-state index >= 15 is 0 Å². The second-order valence-electron chi connectivity index (χ2n) is 6.18. The van der Waals surface area contributed by atoms with E-state index in [4.69, 9.17) is 9.88 Å². The normalized spacial score (nSPS) is 13.3. The summed E-state index contributed by atoms with van der Waals surface area (Å²) in [5, 5.41) is 8.09. The number of sulfonamides is 1. The van der Waals surface area contributed by atoms with E-state index in [-0.39, 0.29) is 15.9 Å². The summed E-state index contributed by atoms with van der Waals surface area (Å²) in [7, 11) is -7.60. The molecule has 0 heterocycles. The van der Waals surface area contributed by atoms with E-state index in [0.717, 1.165) is 17.9 Å². The molecule has 0 saturated carbocycles. The highest BCUT2D eigenvalue weighted by Gasteiger charge is 2.18. The average molecular weight is 413 g/mol. The fourth-order valence-corrected chi connectivity index (χ4v) is 4.00. The van der Waals surface area contributed by atoms with Crippen molar-refractivity contribution in [3.8, 4) is 0 Å². The number of nitrogens with one attached hydrogen (secondary N) is 1. The van der Waals surface area contributed by atoms with Gasteiger partial charge in [0.25, 0.3) is 0 Å². The van der Waals surface area contributed by atoms with Crippen LogP contribution in [0.5, 0.6) is 0 Å². The van der Waals surface area contributed by atoms with Crippen molar-refractivity contribution in [1.82, 2.24) is 0 Å². The minimum atomic E-state index is -3.98. The van der Waals surface area contributed by atoms with Gasteiger partial charge in [0.2, 0.25) is 10.0 Å². The molecule has 0 bridgehead atoms. The molecule has 7 nitrogen and oxygen atoms in total. The molecule has 0 spiro atoms. The highest BCUT2D eigenvalue weighted by Crippen LogP contribution is 2.24. The van der Waals surface area contributed by atoms with E-state index in [1.165, 1.54) is 12.1 Å². The topological polar surface area (TPSA) is 116 Å². The third-order valence-corrected chi connectivity index (χ3v) is 6.00. The van der Waals surface area contributed by atoms with Crippen molar-refractivity contribution in [3.63, 3.8) is 0 Å². The van der Waals surface area contributed by atoms with Crippen LogP contribution in [0.1, 0.15) is 25.0 Å². The van der Waals surface area contributed by atoms with Gasteiger partial charge in [-0.05, 0) is 37.1 Å². The summed E-state index contributed by atoms with van der Waals surface area (Å²) in [5.41, 5.74) is 1.42. The van der Waals surface area contributed by atoms with Crippen LogP contribution in [-0.4, -0.2) is 36.2 Å². The molecule has 0 radical (unpaired) electrons. The van der Waals surface area contributed by atoms with E-state index in [0.29, 0.717) is 25.3 Å². The van der Waals surface area contributed by atoms with Crippen molar-refractivity contribution < 1.29 is 21.6 Å². The fourth-order valence-electron chi connectivity index (χ4n) is 2.51. The molecule has 0 saturated heterocycles. The predicted molar refractivity (Wildman–Crippen MR) is 105 cm³/mol. The molecule has 2 rings (SSSR count). The zero-order valence-corrected chi connectivity index (χ0v) is 16.9. The first-order chi connectivity index (χ1) is 12.6. The molecular weight excluding hydrogens is 388 g/mol. The zero-order valence-electron chi connectivity index (χ0n) is 15.3. The third kappa shape index (κ3) is 6.31. The minimum Gasteiger partial charge on any atom is -0.384 e. The summed E-state index contributed by atoms with van der Waals surface area (Å²) in [6, 6.07) is 13.6. The van der Waals surface area contributed by atoms with Gasteiger partial charge in [0.1, 0.15) is 0 Å². The SMILES string of the molecule is CC(OCCCNc1ccc(S(N)(=O)=O)cc1S(C)(=O)=O)c1ccccc1. The number of primary sulfonamides is 1. The Kier molecular flexibility index (Phi) is 6.99. The Balaban J connectivity index is 1.95. The molecule has 0 aliphatic heterocycles. The van der Waals surface area contributed by atoms with Crippen molar-refractivity contribution in [2.24, 2.45) is 5.14 Å². The minimum absolute atomic E-state index is 0.0353. The standard InChI is InChI=1S/C18H24N2O5S2/c1-14(15-7-4-3-5-8-15)25-12-6-11-20-17-10-9-16(27(19,23)24)13-18(17)26(2,21)22/h3-5,7-10,13-14,20H,6,11-12H2,1-2H3,(H2,19,23,24). The van der Waals surface area contributed by atoms with Crippen molar-refractivity contribution in [1.29, 1.82) is 0 Å². The first-order valence-corrected chi connectivity index (χ1v) is 11.8. The highest BCUT2D eigenvalue weighted by molar-refractivity contribution is 7.91. The Morgan fingerprint density at radius 1 is 1.07 bits per heavy atom. The molecule has 0 aromatic heterocycles. The van der Waals surface area contributed by atoms with Crippen LogP contribution in [-0.2, 0) is 24.6 Å². The van der Waals surface area contributed by atoms with Gasteiger partial charge >= 0.3 is 0 Å². The number of ether oxygens (including phenoxy) is 1. The lowest BCUT2D eigenvalue weighted by Gasteiger charge is -2.15. The molecule has 0 aliphatic rings. The van der Waals surface area contributed by atoms with Gasteiger partial charge in [-0.1, -0.05) is 30.3 Å². The zero-order chi connectivity index (χ0) is 20.1. The molecule has 2 aromatic carbocycles. The quantitative estimate of drug-likeness (QED) is 0.611. The Morgan fingerprint density at radius 2 is 1.74 bits per heavy atom. The smallest absolute Gasteiger partial charge is 0.238 e. The maximum atomic E-state index is 12.0. The van der Waals surface area contributed by atoms with Gasteiger partial charge in [0.15, 0.2) is 9.84 Å². The molecule has 0 aliphatic carbocycles. The average Bonchev–Trinajstić information content (AvgIpc) is 2.60. The molecule has 3 N–H and O–H groups in total. The Hall–Kier alpha value is -1.94. The number of rotatable bonds is 9. The molecule has 0 fully saturated rings. The van der Waals surface area contributed by atoms with Gasteiger partial charge in [-0.15, -0.1) is 0 Å². The van der Waals surface area contributed by atoms with Gasteiger partial charge in [-0.25, -0.2) is 22.0 Å². The number of sulfone groups is 1. The lowest BCUT2D eigenvalue weighted by Crippen LogP contribution is -2.15. The summed E-state index contributed by atoms with van der Waals surface area (Å²) in [4.78, 5) is -0.346. The summed E-state index contributed by atoms with van der Waals surface area (Å²) >= 11 is 0. The monoisotopic (exact) mass is 412 g/mol. The molecule has 148 valence electrons. The Bertz CT molecular complexity index is 974. The van der Waals surface area contributed by atoms with Crippen molar-refractivity contribution in [2.75, 3.05) is 24.7 Å². The Morgan fingerprint density at radius 3 is 2.33 bits per heavy atom. The van der Waals surface area contributed by atoms with E-state index < -0.39 is 19.9 Å². The van der Waals surface area contributed by atoms with Crippen LogP contribution in [0.15, 0.2) is 58.3 Å². The maximum absolute atomic E-state index is 12.0. The van der Waals surface area contributed by atoms with Crippen molar-refractivity contribution in [3.05, 3.63) is 54.1 Å². The van der Waals surface area contributed by atoms with Gasteiger partial charge in [-0.3, -0.25) is 0 Å².